The van der Waals surface area contributed by atoms with Gasteiger partial charge < -0.3 is 4.74 Å². The van der Waals surface area contributed by atoms with Gasteiger partial charge in [-0.2, -0.15) is 0 Å². The summed E-state index contributed by atoms with van der Waals surface area (Å²) in [4.78, 5) is 24.5. The monoisotopic (exact) mass is 296 g/mol. The Morgan fingerprint density at radius 1 is 1.29 bits per heavy atom. The Labute approximate surface area is 129 Å². The zero-order valence-corrected chi connectivity index (χ0v) is 14.6. The smallest absolute Gasteiger partial charge is 0.319 e. The molecule has 1 fully saturated rings. The van der Waals surface area contributed by atoms with Crippen molar-refractivity contribution in [1.29, 1.82) is 0 Å². The number of ketones is 1. The molecule has 0 aromatic rings. The Bertz CT molecular complexity index is 375. The van der Waals surface area contributed by atoms with Crippen LogP contribution in [0.15, 0.2) is 0 Å². The van der Waals surface area contributed by atoms with Gasteiger partial charge in [-0.15, -0.1) is 0 Å². The number of esters is 1. The summed E-state index contributed by atoms with van der Waals surface area (Å²) >= 11 is 0. The molecule has 0 amide bonds. The average Bonchev–Trinajstić information content (AvgIpc) is 2.38. The summed E-state index contributed by atoms with van der Waals surface area (Å²) in [6.45, 7) is 11.8. The molecule has 0 saturated heterocycles. The lowest BCUT2D eigenvalue weighted by Gasteiger charge is -2.38. The molecule has 0 radical (unpaired) electrons. The standard InChI is InChI=1S/C18H32O3/c1-7-10-18(6,14(5)19)17(20)21-16-11-13(4)8-9-15(16)12(2)3/h12-13,15-16H,7-11H2,1-6H3/t13-,15+,16-,18-/m1/s1. The van der Waals surface area contributed by atoms with Gasteiger partial charge in [0.2, 0.25) is 0 Å². The lowest BCUT2D eigenvalue weighted by atomic mass is 9.75. The van der Waals surface area contributed by atoms with E-state index in [-0.39, 0.29) is 17.9 Å². The number of carbonyl (C=O) groups excluding carboxylic acids is 2. The molecule has 3 heteroatoms. The van der Waals surface area contributed by atoms with Crippen molar-refractivity contribution < 1.29 is 14.3 Å². The van der Waals surface area contributed by atoms with Crippen LogP contribution in [0.3, 0.4) is 0 Å². The summed E-state index contributed by atoms with van der Waals surface area (Å²) in [7, 11) is 0. The molecule has 21 heavy (non-hydrogen) atoms. The molecule has 0 spiro atoms. The number of rotatable bonds is 6. The molecule has 122 valence electrons. The van der Waals surface area contributed by atoms with Gasteiger partial charge in [0.25, 0.3) is 0 Å². The van der Waals surface area contributed by atoms with E-state index in [2.05, 4.69) is 20.8 Å². The van der Waals surface area contributed by atoms with Gasteiger partial charge in [-0.3, -0.25) is 9.59 Å². The lowest BCUT2D eigenvalue weighted by molar-refractivity contribution is -0.170. The second kappa shape index (κ2) is 7.42. The van der Waals surface area contributed by atoms with Crippen molar-refractivity contribution in [3.63, 3.8) is 0 Å². The van der Waals surface area contributed by atoms with Crippen LogP contribution >= 0.6 is 0 Å². The molecule has 1 aliphatic rings. The van der Waals surface area contributed by atoms with E-state index in [1.54, 1.807) is 6.92 Å². The Morgan fingerprint density at radius 2 is 1.90 bits per heavy atom. The minimum atomic E-state index is -0.975. The van der Waals surface area contributed by atoms with Gasteiger partial charge in [0, 0.05) is 0 Å². The fourth-order valence-electron chi connectivity index (χ4n) is 3.44. The number of carbonyl (C=O) groups is 2. The highest BCUT2D eigenvalue weighted by Gasteiger charge is 2.42. The first kappa shape index (κ1) is 18.2. The zero-order chi connectivity index (χ0) is 16.2. The Kier molecular flexibility index (Phi) is 6.42. The molecular weight excluding hydrogens is 264 g/mol. The van der Waals surface area contributed by atoms with E-state index < -0.39 is 5.41 Å². The predicted octanol–water partition coefficient (Wildman–Crippen LogP) is 4.39. The SMILES string of the molecule is CCC[C@](C)(C(C)=O)C(=O)O[C@@H]1C[C@H](C)CC[C@H]1C(C)C. The van der Waals surface area contributed by atoms with Crippen LogP contribution in [0.1, 0.15) is 73.6 Å². The molecule has 4 atom stereocenters. The van der Waals surface area contributed by atoms with Crippen LogP contribution in [-0.4, -0.2) is 17.9 Å². The highest BCUT2D eigenvalue weighted by molar-refractivity contribution is 6.02. The van der Waals surface area contributed by atoms with Gasteiger partial charge in [0.15, 0.2) is 0 Å². The summed E-state index contributed by atoms with van der Waals surface area (Å²) in [6, 6.07) is 0. The maximum absolute atomic E-state index is 12.6. The summed E-state index contributed by atoms with van der Waals surface area (Å²) in [5.41, 5.74) is -0.975. The largest absolute Gasteiger partial charge is 0.461 e. The van der Waals surface area contributed by atoms with E-state index in [0.717, 1.165) is 19.3 Å². The number of hydrogen-bond donors (Lipinski definition) is 0. The van der Waals surface area contributed by atoms with Crippen LogP contribution in [-0.2, 0) is 14.3 Å². The van der Waals surface area contributed by atoms with E-state index in [1.807, 2.05) is 6.92 Å². The topological polar surface area (TPSA) is 43.4 Å². The van der Waals surface area contributed by atoms with Crippen LogP contribution in [0.4, 0.5) is 0 Å². The maximum Gasteiger partial charge on any atom is 0.319 e. The van der Waals surface area contributed by atoms with Gasteiger partial charge in [0.05, 0.1) is 0 Å². The third kappa shape index (κ3) is 4.31. The molecule has 3 nitrogen and oxygen atoms in total. The van der Waals surface area contributed by atoms with Crippen molar-refractivity contribution >= 4 is 11.8 Å². The third-order valence-corrected chi connectivity index (χ3v) is 5.20. The summed E-state index contributed by atoms with van der Waals surface area (Å²) < 4.78 is 5.85. The summed E-state index contributed by atoms with van der Waals surface area (Å²) in [5, 5.41) is 0. The molecule has 1 saturated carbocycles. The van der Waals surface area contributed by atoms with Crippen molar-refractivity contribution in [3.8, 4) is 0 Å². The van der Waals surface area contributed by atoms with E-state index in [0.29, 0.717) is 24.2 Å². The summed E-state index contributed by atoms with van der Waals surface area (Å²) in [6.07, 6.45) is 4.58. The quantitative estimate of drug-likeness (QED) is 0.539. The van der Waals surface area contributed by atoms with Crippen molar-refractivity contribution in [3.05, 3.63) is 0 Å². The van der Waals surface area contributed by atoms with E-state index in [9.17, 15) is 9.59 Å². The third-order valence-electron chi connectivity index (χ3n) is 5.20. The van der Waals surface area contributed by atoms with Gasteiger partial charge >= 0.3 is 5.97 Å². The maximum atomic E-state index is 12.6. The minimum Gasteiger partial charge on any atom is -0.461 e. The normalized spacial score (nSPS) is 29.0. The molecule has 0 aromatic carbocycles. The van der Waals surface area contributed by atoms with Gasteiger partial charge in [-0.1, -0.05) is 40.5 Å². The van der Waals surface area contributed by atoms with Crippen molar-refractivity contribution in [2.75, 3.05) is 0 Å². The first-order valence-electron chi connectivity index (χ1n) is 8.44. The molecule has 0 bridgehead atoms. The molecule has 0 unspecified atom stereocenters. The fraction of sp³-hybridized carbons (Fsp3) is 0.889. The van der Waals surface area contributed by atoms with E-state index >= 15 is 0 Å². The number of hydrogen-bond acceptors (Lipinski definition) is 3. The minimum absolute atomic E-state index is 0.0308. The van der Waals surface area contributed by atoms with Gasteiger partial charge in [0.1, 0.15) is 17.3 Å². The Balaban J connectivity index is 2.84. The van der Waals surface area contributed by atoms with Crippen LogP contribution < -0.4 is 0 Å². The highest BCUT2D eigenvalue weighted by atomic mass is 16.5. The second-order valence-corrected chi connectivity index (χ2v) is 7.41. The zero-order valence-electron chi connectivity index (χ0n) is 14.6. The molecule has 0 heterocycles. The van der Waals surface area contributed by atoms with Crippen LogP contribution in [0.5, 0.6) is 0 Å². The van der Waals surface area contributed by atoms with E-state index in [1.165, 1.54) is 13.3 Å². The molecule has 0 N–H and O–H groups in total. The molecule has 1 aliphatic carbocycles. The van der Waals surface area contributed by atoms with Crippen LogP contribution in [0.2, 0.25) is 0 Å². The average molecular weight is 296 g/mol. The molecular formula is C18H32O3. The van der Waals surface area contributed by atoms with Crippen molar-refractivity contribution in [2.24, 2.45) is 23.2 Å². The Morgan fingerprint density at radius 3 is 2.38 bits per heavy atom. The predicted molar refractivity (Wildman–Crippen MR) is 84.9 cm³/mol. The van der Waals surface area contributed by atoms with Crippen LogP contribution in [0.25, 0.3) is 0 Å². The number of Topliss-reactive ketones (excluding diaryl/α,β-unsaturated/α-hetero) is 1. The van der Waals surface area contributed by atoms with Gasteiger partial charge in [-0.25, -0.2) is 0 Å². The van der Waals surface area contributed by atoms with Crippen molar-refractivity contribution in [2.45, 2.75) is 79.8 Å². The van der Waals surface area contributed by atoms with E-state index in [4.69, 9.17) is 4.74 Å². The first-order valence-corrected chi connectivity index (χ1v) is 8.44. The fourth-order valence-corrected chi connectivity index (χ4v) is 3.44. The molecule has 1 rings (SSSR count). The molecule has 0 aromatic heterocycles. The van der Waals surface area contributed by atoms with Crippen molar-refractivity contribution in [1.82, 2.24) is 0 Å². The first-order chi connectivity index (χ1) is 9.72. The Hall–Kier alpha value is -0.860. The second-order valence-electron chi connectivity index (χ2n) is 7.41. The van der Waals surface area contributed by atoms with Gasteiger partial charge in [-0.05, 0) is 50.9 Å². The van der Waals surface area contributed by atoms with Crippen LogP contribution in [0, 0.1) is 23.2 Å². The number of ether oxygens (including phenoxy) is 1. The highest BCUT2D eigenvalue weighted by Crippen LogP contribution is 2.37. The lowest BCUT2D eigenvalue weighted by Crippen LogP contribution is -2.42. The molecule has 0 aliphatic heterocycles. The summed E-state index contributed by atoms with van der Waals surface area (Å²) in [5.74, 6) is 1.11.